The van der Waals surface area contributed by atoms with Gasteiger partial charge in [-0.2, -0.15) is 0 Å². The molecule has 106 valence electrons. The van der Waals surface area contributed by atoms with Crippen molar-refractivity contribution in [1.82, 2.24) is 20.0 Å². The summed E-state index contributed by atoms with van der Waals surface area (Å²) < 4.78 is 7.62. The third kappa shape index (κ3) is 3.04. The first-order valence-electron chi connectivity index (χ1n) is 7.06. The fraction of sp³-hybridized carbons (Fsp3) is 0.533. The SMILES string of the molecule is CC1(C)C[C@@H](c2cn(Cc3ccccn3)nn2)CCO1. The maximum Gasteiger partial charge on any atom is 0.0860 e. The largest absolute Gasteiger partial charge is 0.376 e. The van der Waals surface area contributed by atoms with E-state index in [-0.39, 0.29) is 5.60 Å². The molecule has 0 N–H and O–H groups in total. The zero-order valence-corrected chi connectivity index (χ0v) is 12.0. The lowest BCUT2D eigenvalue weighted by atomic mass is 9.86. The Morgan fingerprint density at radius 2 is 2.30 bits per heavy atom. The summed E-state index contributed by atoms with van der Waals surface area (Å²) in [7, 11) is 0. The van der Waals surface area contributed by atoms with E-state index in [9.17, 15) is 0 Å². The molecule has 2 aromatic rings. The molecule has 1 atom stereocenters. The van der Waals surface area contributed by atoms with Gasteiger partial charge >= 0.3 is 0 Å². The first-order valence-corrected chi connectivity index (χ1v) is 7.06. The van der Waals surface area contributed by atoms with Crippen LogP contribution in [-0.2, 0) is 11.3 Å². The van der Waals surface area contributed by atoms with E-state index in [1.807, 2.05) is 29.1 Å². The molecule has 0 saturated carbocycles. The summed E-state index contributed by atoms with van der Waals surface area (Å²) in [6, 6.07) is 5.90. The molecule has 0 unspecified atom stereocenters. The smallest absolute Gasteiger partial charge is 0.0860 e. The standard InChI is InChI=1S/C15H20N4O/c1-15(2)9-12(6-8-20-15)14-11-19(18-17-14)10-13-5-3-4-7-16-13/h3-5,7,11-12H,6,8-10H2,1-2H3/t12-/m0/s1. The molecular formula is C15H20N4O. The van der Waals surface area contributed by atoms with Crippen LogP contribution >= 0.6 is 0 Å². The highest BCUT2D eigenvalue weighted by Crippen LogP contribution is 2.34. The lowest BCUT2D eigenvalue weighted by Crippen LogP contribution is -2.33. The number of aromatic nitrogens is 4. The summed E-state index contributed by atoms with van der Waals surface area (Å²) in [6.07, 6.45) is 5.86. The normalized spacial score (nSPS) is 21.8. The third-order valence-electron chi connectivity index (χ3n) is 3.72. The Morgan fingerprint density at radius 1 is 1.40 bits per heavy atom. The van der Waals surface area contributed by atoms with E-state index in [0.717, 1.165) is 30.8 Å². The van der Waals surface area contributed by atoms with Gasteiger partial charge in [-0.25, -0.2) is 4.68 Å². The van der Waals surface area contributed by atoms with Gasteiger partial charge in [0.15, 0.2) is 0 Å². The summed E-state index contributed by atoms with van der Waals surface area (Å²) in [5, 5.41) is 8.55. The molecular weight excluding hydrogens is 252 g/mol. The highest BCUT2D eigenvalue weighted by atomic mass is 16.5. The molecule has 5 nitrogen and oxygen atoms in total. The summed E-state index contributed by atoms with van der Waals surface area (Å²) >= 11 is 0. The predicted octanol–water partition coefficient (Wildman–Crippen LogP) is 2.39. The number of hydrogen-bond donors (Lipinski definition) is 0. The van der Waals surface area contributed by atoms with Crippen molar-refractivity contribution >= 4 is 0 Å². The molecule has 3 rings (SSSR count). The molecule has 1 aliphatic rings. The first kappa shape index (κ1) is 13.2. The number of hydrogen-bond acceptors (Lipinski definition) is 4. The van der Waals surface area contributed by atoms with Crippen molar-refractivity contribution in [2.45, 2.75) is 44.8 Å². The molecule has 0 bridgehead atoms. The fourth-order valence-corrected chi connectivity index (χ4v) is 2.72. The van der Waals surface area contributed by atoms with Crippen molar-refractivity contribution in [2.75, 3.05) is 6.61 Å². The molecule has 0 aliphatic carbocycles. The second-order valence-electron chi connectivity index (χ2n) is 5.96. The van der Waals surface area contributed by atoms with E-state index < -0.39 is 0 Å². The van der Waals surface area contributed by atoms with Gasteiger partial charge in [-0.05, 0) is 38.8 Å². The van der Waals surface area contributed by atoms with Crippen LogP contribution < -0.4 is 0 Å². The minimum Gasteiger partial charge on any atom is -0.376 e. The quantitative estimate of drug-likeness (QED) is 0.861. The molecule has 0 radical (unpaired) electrons. The highest BCUT2D eigenvalue weighted by Gasteiger charge is 2.31. The van der Waals surface area contributed by atoms with Gasteiger partial charge in [0, 0.05) is 24.9 Å². The molecule has 3 heterocycles. The van der Waals surface area contributed by atoms with Crippen LogP contribution in [0, 0.1) is 0 Å². The van der Waals surface area contributed by atoms with Gasteiger partial charge in [-0.3, -0.25) is 4.98 Å². The Morgan fingerprint density at radius 3 is 3.05 bits per heavy atom. The lowest BCUT2D eigenvalue weighted by Gasteiger charge is -2.34. The van der Waals surface area contributed by atoms with Crippen LogP contribution in [0.3, 0.4) is 0 Å². The van der Waals surface area contributed by atoms with Gasteiger partial charge in [0.1, 0.15) is 0 Å². The molecule has 1 fully saturated rings. The van der Waals surface area contributed by atoms with E-state index in [0.29, 0.717) is 12.5 Å². The van der Waals surface area contributed by atoms with Crippen LogP contribution in [0.2, 0.25) is 0 Å². The first-order chi connectivity index (χ1) is 9.62. The number of nitrogens with zero attached hydrogens (tertiary/aromatic N) is 4. The van der Waals surface area contributed by atoms with E-state index >= 15 is 0 Å². The van der Waals surface area contributed by atoms with Crippen molar-refractivity contribution in [3.05, 3.63) is 42.0 Å². The monoisotopic (exact) mass is 272 g/mol. The second kappa shape index (κ2) is 5.32. The maximum absolute atomic E-state index is 5.75. The van der Waals surface area contributed by atoms with Crippen LogP contribution in [0.4, 0.5) is 0 Å². The number of pyridine rings is 1. The summed E-state index contributed by atoms with van der Waals surface area (Å²) in [5.41, 5.74) is 2.00. The molecule has 2 aromatic heterocycles. The lowest BCUT2D eigenvalue weighted by molar-refractivity contribution is -0.0597. The molecule has 20 heavy (non-hydrogen) atoms. The van der Waals surface area contributed by atoms with Crippen molar-refractivity contribution in [3.8, 4) is 0 Å². The Bertz CT molecular complexity index is 564. The van der Waals surface area contributed by atoms with Gasteiger partial charge in [0.2, 0.25) is 0 Å². The van der Waals surface area contributed by atoms with E-state index in [1.165, 1.54) is 0 Å². The summed E-state index contributed by atoms with van der Waals surface area (Å²) in [4.78, 5) is 4.31. The fourth-order valence-electron chi connectivity index (χ4n) is 2.72. The van der Waals surface area contributed by atoms with Crippen LogP contribution in [0.15, 0.2) is 30.6 Å². The minimum atomic E-state index is -0.0618. The molecule has 5 heteroatoms. The Labute approximate surface area is 119 Å². The molecule has 0 spiro atoms. The average Bonchev–Trinajstić information content (AvgIpc) is 2.87. The zero-order chi connectivity index (χ0) is 14.0. The van der Waals surface area contributed by atoms with Crippen LogP contribution in [-0.4, -0.2) is 32.2 Å². The van der Waals surface area contributed by atoms with Crippen molar-refractivity contribution < 1.29 is 4.74 Å². The maximum atomic E-state index is 5.75. The van der Waals surface area contributed by atoms with Crippen LogP contribution in [0.5, 0.6) is 0 Å². The van der Waals surface area contributed by atoms with E-state index in [4.69, 9.17) is 4.74 Å². The highest BCUT2D eigenvalue weighted by molar-refractivity contribution is 5.08. The van der Waals surface area contributed by atoms with Crippen LogP contribution in [0.25, 0.3) is 0 Å². The van der Waals surface area contributed by atoms with Gasteiger partial charge in [-0.1, -0.05) is 11.3 Å². The van der Waals surface area contributed by atoms with Crippen molar-refractivity contribution in [1.29, 1.82) is 0 Å². The molecule has 0 aromatic carbocycles. The van der Waals surface area contributed by atoms with E-state index in [1.54, 1.807) is 6.20 Å². The van der Waals surface area contributed by atoms with Gasteiger partial charge < -0.3 is 4.74 Å². The summed E-state index contributed by atoms with van der Waals surface area (Å²) in [5.74, 6) is 0.441. The molecule has 1 saturated heterocycles. The van der Waals surface area contributed by atoms with Crippen molar-refractivity contribution in [3.63, 3.8) is 0 Å². The molecule has 1 aliphatic heterocycles. The van der Waals surface area contributed by atoms with Gasteiger partial charge in [0.25, 0.3) is 0 Å². The van der Waals surface area contributed by atoms with Crippen LogP contribution in [0.1, 0.15) is 44.0 Å². The van der Waals surface area contributed by atoms with E-state index in [2.05, 4.69) is 29.1 Å². The number of rotatable bonds is 3. The van der Waals surface area contributed by atoms with Gasteiger partial charge in [0.05, 0.1) is 23.5 Å². The predicted molar refractivity (Wildman–Crippen MR) is 75.4 cm³/mol. The number of ether oxygens (including phenoxy) is 1. The zero-order valence-electron chi connectivity index (χ0n) is 12.0. The topological polar surface area (TPSA) is 52.8 Å². The van der Waals surface area contributed by atoms with Crippen molar-refractivity contribution in [2.24, 2.45) is 0 Å². The Hall–Kier alpha value is -1.75. The Kier molecular flexibility index (Phi) is 3.53. The third-order valence-corrected chi connectivity index (χ3v) is 3.72. The minimum absolute atomic E-state index is 0.0618. The molecule has 0 amide bonds. The Balaban J connectivity index is 1.70. The summed E-state index contributed by atoms with van der Waals surface area (Å²) in [6.45, 7) is 5.74. The second-order valence-corrected chi connectivity index (χ2v) is 5.96. The average molecular weight is 272 g/mol. The van der Waals surface area contributed by atoms with Gasteiger partial charge in [-0.15, -0.1) is 5.10 Å².